The molecule has 47 heavy (non-hydrogen) atoms. The first-order chi connectivity index (χ1) is 23.0. The minimum atomic E-state index is -1.44. The molecule has 11 heteroatoms. The molecule has 10 nitrogen and oxygen atoms in total. The highest BCUT2D eigenvalue weighted by Gasteiger charge is 2.54. The van der Waals surface area contributed by atoms with Crippen LogP contribution in [-0.2, 0) is 35.3 Å². The quantitative estimate of drug-likeness (QED) is 0.0495. The molecule has 240 valence electrons. The van der Waals surface area contributed by atoms with Crippen molar-refractivity contribution in [2.45, 2.75) is 49.9 Å². The number of aliphatic hydroxyl groups excluding tert-OH is 1. The Balaban J connectivity index is 1.40. The Labute approximate surface area is 281 Å². The van der Waals surface area contributed by atoms with Gasteiger partial charge in [-0.2, -0.15) is 0 Å². The van der Waals surface area contributed by atoms with Crippen LogP contribution >= 0.6 is 15.9 Å². The van der Waals surface area contributed by atoms with Gasteiger partial charge in [0, 0.05) is 40.4 Å². The first-order valence-electron chi connectivity index (χ1n) is 15.6. The van der Waals surface area contributed by atoms with E-state index in [9.17, 15) is 4.79 Å². The van der Waals surface area contributed by atoms with E-state index in [1.165, 1.54) is 11.1 Å². The van der Waals surface area contributed by atoms with Gasteiger partial charge in [0.2, 0.25) is 5.90 Å². The molecule has 1 amide bonds. The van der Waals surface area contributed by atoms with Crippen molar-refractivity contribution in [3.63, 3.8) is 0 Å². The molecule has 0 radical (unpaired) electrons. The minimum absolute atomic E-state index is 0.0247. The highest BCUT2D eigenvalue weighted by Crippen LogP contribution is 2.44. The smallest absolute Gasteiger partial charge is 0.266 e. The third-order valence-electron chi connectivity index (χ3n) is 8.53. The molecule has 0 fully saturated rings. The molecule has 1 aliphatic carbocycles. The number of amides is 1. The number of azide groups is 1. The molecule has 2 atom stereocenters. The number of rotatable bonds is 13. The average molecular weight is 696 g/mol. The molecule has 3 N–H and O–H groups in total. The topological polar surface area (TPSA) is 141 Å². The lowest BCUT2D eigenvalue weighted by Crippen LogP contribution is -2.56. The molecule has 0 saturated heterocycles. The summed E-state index contributed by atoms with van der Waals surface area (Å²) in [4.78, 5) is 22.8. The molecule has 0 bridgehead atoms. The van der Waals surface area contributed by atoms with Crippen molar-refractivity contribution in [1.29, 1.82) is 0 Å². The molecule has 0 aromatic heterocycles. The van der Waals surface area contributed by atoms with Gasteiger partial charge >= 0.3 is 0 Å². The zero-order valence-electron chi connectivity index (χ0n) is 25.7. The Hall–Kier alpha value is -4.67. The molecule has 2 aliphatic rings. The monoisotopic (exact) mass is 694 g/mol. The van der Waals surface area contributed by atoms with Crippen LogP contribution in [0.4, 0.5) is 0 Å². The van der Waals surface area contributed by atoms with E-state index in [-0.39, 0.29) is 31.5 Å². The molecular weight excluding hydrogens is 660 g/mol. The van der Waals surface area contributed by atoms with Crippen LogP contribution in [0.25, 0.3) is 10.4 Å². The first-order valence-corrected chi connectivity index (χ1v) is 16.4. The third kappa shape index (κ3) is 7.18. The van der Waals surface area contributed by atoms with Crippen molar-refractivity contribution < 1.29 is 19.4 Å². The molecule has 4 aromatic carbocycles. The molecule has 4 aromatic rings. The number of aliphatic imine (C=N–C) groups is 1. The fourth-order valence-electron chi connectivity index (χ4n) is 6.17. The highest BCUT2D eigenvalue weighted by molar-refractivity contribution is 9.10. The van der Waals surface area contributed by atoms with Gasteiger partial charge in [0.1, 0.15) is 5.75 Å². The van der Waals surface area contributed by atoms with Crippen LogP contribution in [0.15, 0.2) is 112 Å². The number of ether oxygens (including phenoxy) is 2. The lowest BCUT2D eigenvalue weighted by molar-refractivity contribution is -0.130. The average Bonchev–Trinajstić information content (AvgIpc) is 3.70. The van der Waals surface area contributed by atoms with E-state index in [1.807, 2.05) is 84.9 Å². The van der Waals surface area contributed by atoms with Crippen LogP contribution in [0, 0.1) is 0 Å². The summed E-state index contributed by atoms with van der Waals surface area (Å²) in [6.07, 6.45) is 1.49. The Morgan fingerprint density at radius 3 is 2.38 bits per heavy atom. The van der Waals surface area contributed by atoms with E-state index in [0.717, 1.165) is 28.4 Å². The van der Waals surface area contributed by atoms with E-state index < -0.39 is 11.6 Å². The fourth-order valence-corrected chi connectivity index (χ4v) is 6.59. The standard InChI is InChI=1S/C36H35BrN6O4/c37-32-13-6-4-10-27(32)22-36(35(45)42-41-29-20-25-8-1-2-9-26(25)21-29)33(31-12-5-3-11-28(31)23-39-43-38)47-34(40-36)24-14-16-30(17-15-24)46-19-7-18-44/h1-6,8-17,29,33,41,44H,7,18-23H2,(H,42,45)/t33-,36-/m0/s1. The van der Waals surface area contributed by atoms with Crippen molar-refractivity contribution in [3.05, 3.63) is 145 Å². The predicted octanol–water partition coefficient (Wildman–Crippen LogP) is 6.31. The predicted molar refractivity (Wildman–Crippen MR) is 183 cm³/mol. The molecular formula is C36H35BrN6O4. The van der Waals surface area contributed by atoms with E-state index in [1.54, 1.807) is 0 Å². The number of hydrogen-bond acceptors (Lipinski definition) is 7. The molecule has 1 heterocycles. The Bertz CT molecular complexity index is 1780. The van der Waals surface area contributed by atoms with Crippen LogP contribution in [0.3, 0.4) is 0 Å². The van der Waals surface area contributed by atoms with Crippen LogP contribution in [-0.4, -0.2) is 41.7 Å². The number of nitrogens with one attached hydrogen (secondary N) is 2. The van der Waals surface area contributed by atoms with Gasteiger partial charge in [0.05, 0.1) is 13.2 Å². The van der Waals surface area contributed by atoms with E-state index >= 15 is 0 Å². The van der Waals surface area contributed by atoms with Crippen LogP contribution in [0.2, 0.25) is 0 Å². The van der Waals surface area contributed by atoms with Gasteiger partial charge in [0.15, 0.2) is 11.6 Å². The molecule has 6 rings (SSSR count). The van der Waals surface area contributed by atoms with Gasteiger partial charge < -0.3 is 14.6 Å². The lowest BCUT2D eigenvalue weighted by atomic mass is 9.80. The number of hydrogen-bond donors (Lipinski definition) is 3. The van der Waals surface area contributed by atoms with Gasteiger partial charge in [-0.15, -0.1) is 0 Å². The molecule has 0 saturated carbocycles. The third-order valence-corrected chi connectivity index (χ3v) is 9.30. The Morgan fingerprint density at radius 1 is 1.00 bits per heavy atom. The largest absolute Gasteiger partial charge is 0.494 e. The van der Waals surface area contributed by atoms with Crippen molar-refractivity contribution >= 4 is 27.7 Å². The lowest BCUT2D eigenvalue weighted by Gasteiger charge is -2.32. The Morgan fingerprint density at radius 2 is 1.68 bits per heavy atom. The van der Waals surface area contributed by atoms with Gasteiger partial charge in [-0.25, -0.2) is 10.4 Å². The minimum Gasteiger partial charge on any atom is -0.494 e. The maximum atomic E-state index is 14.7. The number of hydrazine groups is 1. The first kappa shape index (κ1) is 32.3. The maximum absolute atomic E-state index is 14.7. The van der Waals surface area contributed by atoms with Crippen LogP contribution in [0.5, 0.6) is 5.75 Å². The summed E-state index contributed by atoms with van der Waals surface area (Å²) in [5, 5.41) is 12.9. The van der Waals surface area contributed by atoms with Gasteiger partial charge in [-0.1, -0.05) is 87.8 Å². The summed E-state index contributed by atoms with van der Waals surface area (Å²) >= 11 is 3.68. The van der Waals surface area contributed by atoms with E-state index in [4.69, 9.17) is 25.1 Å². The van der Waals surface area contributed by atoms with Crippen molar-refractivity contribution in [1.82, 2.24) is 10.9 Å². The number of aliphatic hydroxyl groups is 1. The van der Waals surface area contributed by atoms with E-state index in [0.29, 0.717) is 35.8 Å². The molecule has 1 aliphatic heterocycles. The van der Waals surface area contributed by atoms with E-state index in [2.05, 4.69) is 48.9 Å². The van der Waals surface area contributed by atoms with Crippen molar-refractivity contribution in [2.75, 3.05) is 13.2 Å². The van der Waals surface area contributed by atoms with Crippen molar-refractivity contribution in [2.24, 2.45) is 10.1 Å². The fraction of sp³-hybridized carbons (Fsp3) is 0.278. The summed E-state index contributed by atoms with van der Waals surface area (Å²) in [7, 11) is 0. The number of carbonyl (C=O) groups is 1. The van der Waals surface area contributed by atoms with Crippen LogP contribution < -0.4 is 15.6 Å². The highest BCUT2D eigenvalue weighted by atomic mass is 79.9. The van der Waals surface area contributed by atoms with Gasteiger partial charge in [-0.3, -0.25) is 10.2 Å². The SMILES string of the molecule is [N-]=[N+]=NCc1ccccc1[C@@H]1OC(c2ccc(OCCCO)cc2)=N[C@]1(Cc1ccccc1Br)C(=O)NNC1Cc2ccccc2C1. The second-order valence-corrected chi connectivity index (χ2v) is 12.5. The number of benzene rings is 4. The number of nitrogens with zero attached hydrogens (tertiary/aromatic N) is 4. The second kappa shape index (κ2) is 14.8. The summed E-state index contributed by atoms with van der Waals surface area (Å²) in [5.74, 6) is 0.619. The van der Waals surface area contributed by atoms with Gasteiger partial charge in [0.25, 0.3) is 5.91 Å². The number of fused-ring (bicyclic) bond motifs is 1. The van der Waals surface area contributed by atoms with Crippen LogP contribution in [0.1, 0.15) is 45.9 Å². The maximum Gasteiger partial charge on any atom is 0.266 e. The van der Waals surface area contributed by atoms with Gasteiger partial charge in [-0.05, 0) is 76.5 Å². The number of halogens is 1. The summed E-state index contributed by atoms with van der Waals surface area (Å²) < 4.78 is 13.3. The molecule has 0 unspecified atom stereocenters. The normalized spacial score (nSPS) is 18.5. The zero-order chi connectivity index (χ0) is 32.6. The summed E-state index contributed by atoms with van der Waals surface area (Å²) in [6, 6.07) is 30.9. The number of carbonyl (C=O) groups excluding carboxylic acids is 1. The summed E-state index contributed by atoms with van der Waals surface area (Å²) in [5.41, 5.74) is 19.6. The van der Waals surface area contributed by atoms with Crippen molar-refractivity contribution in [3.8, 4) is 5.75 Å². The Kier molecular flexibility index (Phi) is 10.2. The second-order valence-electron chi connectivity index (χ2n) is 11.6. The summed E-state index contributed by atoms with van der Waals surface area (Å²) in [6.45, 7) is 0.536. The molecule has 0 spiro atoms. The zero-order valence-corrected chi connectivity index (χ0v) is 27.3.